The van der Waals surface area contributed by atoms with Crippen molar-refractivity contribution in [3.63, 3.8) is 0 Å². The van der Waals surface area contributed by atoms with Crippen molar-refractivity contribution in [1.29, 1.82) is 0 Å². The predicted molar refractivity (Wildman–Crippen MR) is 82.4 cm³/mol. The average molecular weight is 277 g/mol. The number of benzene rings is 1. The summed E-state index contributed by atoms with van der Waals surface area (Å²) in [4.78, 5) is 14.4. The zero-order valence-corrected chi connectivity index (χ0v) is 13.5. The van der Waals surface area contributed by atoms with Gasteiger partial charge in [-0.3, -0.25) is 9.69 Å². The number of hydrogen-bond acceptors (Lipinski definition) is 3. The van der Waals surface area contributed by atoms with Crippen LogP contribution in [0.4, 0.5) is 0 Å². The first-order valence-electron chi connectivity index (χ1n) is 7.17. The minimum absolute atomic E-state index is 0.147. The Bertz CT molecular complexity index is 420. The molecule has 20 heavy (non-hydrogen) atoms. The van der Waals surface area contributed by atoms with Gasteiger partial charge in [-0.25, -0.2) is 0 Å². The van der Waals surface area contributed by atoms with Gasteiger partial charge in [-0.15, -0.1) is 0 Å². The summed E-state index contributed by atoms with van der Waals surface area (Å²) < 4.78 is 5.54. The van der Waals surface area contributed by atoms with Crippen molar-refractivity contribution in [3.05, 3.63) is 35.9 Å². The lowest BCUT2D eigenvalue weighted by molar-refractivity contribution is -0.163. The van der Waals surface area contributed by atoms with Crippen LogP contribution in [0.25, 0.3) is 0 Å². The van der Waals surface area contributed by atoms with Gasteiger partial charge in [-0.1, -0.05) is 44.2 Å². The lowest BCUT2D eigenvalue weighted by atomic mass is 10.0. The van der Waals surface area contributed by atoms with Crippen molar-refractivity contribution in [2.75, 3.05) is 7.05 Å². The highest BCUT2D eigenvalue weighted by Crippen LogP contribution is 2.18. The summed E-state index contributed by atoms with van der Waals surface area (Å²) in [6.07, 6.45) is 0. The van der Waals surface area contributed by atoms with Gasteiger partial charge in [0.15, 0.2) is 0 Å². The molecule has 0 aliphatic rings. The summed E-state index contributed by atoms with van der Waals surface area (Å²) in [7, 11) is 1.97. The van der Waals surface area contributed by atoms with Crippen molar-refractivity contribution in [1.82, 2.24) is 4.90 Å². The molecule has 0 unspecified atom stereocenters. The first-order valence-corrected chi connectivity index (χ1v) is 7.17. The Hall–Kier alpha value is -1.35. The molecule has 0 aromatic heterocycles. The van der Waals surface area contributed by atoms with E-state index in [0.29, 0.717) is 0 Å². The number of hydrogen-bond donors (Lipinski definition) is 0. The Morgan fingerprint density at radius 3 is 2.20 bits per heavy atom. The highest BCUT2D eigenvalue weighted by atomic mass is 16.6. The van der Waals surface area contributed by atoms with E-state index in [-0.39, 0.29) is 17.9 Å². The fraction of sp³-hybridized carbons (Fsp3) is 0.588. The van der Waals surface area contributed by atoms with E-state index in [4.69, 9.17) is 4.74 Å². The highest BCUT2D eigenvalue weighted by molar-refractivity contribution is 5.76. The third-order valence-electron chi connectivity index (χ3n) is 3.03. The summed E-state index contributed by atoms with van der Waals surface area (Å²) >= 11 is 0. The van der Waals surface area contributed by atoms with Crippen molar-refractivity contribution in [2.24, 2.45) is 5.92 Å². The molecule has 1 aromatic rings. The molecule has 3 nitrogen and oxygen atoms in total. The van der Waals surface area contributed by atoms with Gasteiger partial charge >= 0.3 is 5.97 Å². The minimum atomic E-state index is -0.447. The van der Waals surface area contributed by atoms with E-state index in [1.165, 1.54) is 5.56 Å². The molecular formula is C17H27NO2. The van der Waals surface area contributed by atoms with E-state index in [1.807, 2.05) is 46.0 Å². The van der Waals surface area contributed by atoms with Gasteiger partial charge in [0, 0.05) is 6.54 Å². The van der Waals surface area contributed by atoms with Crippen molar-refractivity contribution in [2.45, 2.75) is 52.8 Å². The number of likely N-dealkylation sites (N-methyl/N-ethyl adjacent to an activating group) is 1. The summed E-state index contributed by atoms with van der Waals surface area (Å²) in [5.41, 5.74) is 0.752. The first-order chi connectivity index (χ1) is 9.20. The molecule has 0 saturated heterocycles. The van der Waals surface area contributed by atoms with Crippen LogP contribution in [0.15, 0.2) is 30.3 Å². The molecule has 0 heterocycles. The SMILES string of the molecule is CC(C)[C@@H](C(=O)OC(C)(C)C)N(C)Cc1ccccc1. The molecular weight excluding hydrogens is 250 g/mol. The number of carbonyl (C=O) groups is 1. The number of esters is 1. The lowest BCUT2D eigenvalue weighted by Gasteiger charge is -2.32. The molecule has 0 N–H and O–H groups in total. The standard InChI is InChI=1S/C17H27NO2/c1-13(2)15(16(19)20-17(3,4)5)18(6)12-14-10-8-7-9-11-14/h7-11,13,15H,12H2,1-6H3/t15-/m0/s1. The molecule has 0 spiro atoms. The molecule has 0 aliphatic heterocycles. The van der Waals surface area contributed by atoms with Crippen LogP contribution in [-0.2, 0) is 16.1 Å². The Kier molecular flexibility index (Phi) is 5.75. The van der Waals surface area contributed by atoms with Gasteiger partial charge in [0.05, 0.1) is 0 Å². The Balaban J connectivity index is 2.78. The zero-order valence-electron chi connectivity index (χ0n) is 13.5. The van der Waals surface area contributed by atoms with Crippen molar-refractivity contribution < 1.29 is 9.53 Å². The quantitative estimate of drug-likeness (QED) is 0.772. The maximum Gasteiger partial charge on any atom is 0.324 e. The zero-order chi connectivity index (χ0) is 15.3. The van der Waals surface area contributed by atoms with E-state index in [0.717, 1.165) is 6.54 Å². The van der Waals surface area contributed by atoms with Crippen LogP contribution in [-0.4, -0.2) is 29.6 Å². The minimum Gasteiger partial charge on any atom is -0.459 e. The van der Waals surface area contributed by atoms with Crippen molar-refractivity contribution in [3.8, 4) is 0 Å². The molecule has 3 heteroatoms. The van der Waals surface area contributed by atoms with E-state index >= 15 is 0 Å². The summed E-state index contributed by atoms with van der Waals surface area (Å²) in [6, 6.07) is 9.94. The summed E-state index contributed by atoms with van der Waals surface area (Å²) in [5, 5.41) is 0. The van der Waals surface area contributed by atoms with Crippen LogP contribution >= 0.6 is 0 Å². The predicted octanol–water partition coefficient (Wildman–Crippen LogP) is 3.48. The molecule has 1 rings (SSSR count). The third-order valence-corrected chi connectivity index (χ3v) is 3.03. The Morgan fingerprint density at radius 1 is 1.20 bits per heavy atom. The Morgan fingerprint density at radius 2 is 1.75 bits per heavy atom. The molecule has 1 aromatic carbocycles. The molecule has 0 aliphatic carbocycles. The maximum absolute atomic E-state index is 12.4. The molecule has 0 radical (unpaired) electrons. The lowest BCUT2D eigenvalue weighted by Crippen LogP contribution is -2.45. The highest BCUT2D eigenvalue weighted by Gasteiger charge is 2.30. The number of nitrogens with zero attached hydrogens (tertiary/aromatic N) is 1. The summed E-state index contributed by atoms with van der Waals surface area (Å²) in [6.45, 7) is 10.5. The van der Waals surface area contributed by atoms with Gasteiger partial charge in [0.2, 0.25) is 0 Å². The van der Waals surface area contributed by atoms with Crippen LogP contribution in [0.5, 0.6) is 0 Å². The van der Waals surface area contributed by atoms with Gasteiger partial charge < -0.3 is 4.74 Å². The first kappa shape index (κ1) is 16.7. The molecule has 0 saturated carbocycles. The normalized spacial score (nSPS) is 13.6. The average Bonchev–Trinajstić information content (AvgIpc) is 2.26. The van der Waals surface area contributed by atoms with E-state index in [9.17, 15) is 4.79 Å². The van der Waals surface area contributed by atoms with E-state index in [2.05, 4.69) is 30.9 Å². The largest absolute Gasteiger partial charge is 0.459 e. The van der Waals surface area contributed by atoms with Crippen LogP contribution in [0, 0.1) is 5.92 Å². The van der Waals surface area contributed by atoms with E-state index in [1.54, 1.807) is 0 Å². The smallest absolute Gasteiger partial charge is 0.324 e. The molecule has 0 bridgehead atoms. The van der Waals surface area contributed by atoms with Crippen LogP contribution in [0.1, 0.15) is 40.2 Å². The Labute approximate surface area is 122 Å². The van der Waals surface area contributed by atoms with Gasteiger partial charge in [0.1, 0.15) is 11.6 Å². The molecule has 0 fully saturated rings. The fourth-order valence-corrected chi connectivity index (χ4v) is 2.29. The van der Waals surface area contributed by atoms with Crippen LogP contribution in [0.3, 0.4) is 0 Å². The van der Waals surface area contributed by atoms with E-state index < -0.39 is 5.60 Å². The number of ether oxygens (including phenoxy) is 1. The molecule has 0 amide bonds. The van der Waals surface area contributed by atoms with Gasteiger partial charge in [-0.05, 0) is 39.3 Å². The van der Waals surface area contributed by atoms with Gasteiger partial charge in [0.25, 0.3) is 0 Å². The third kappa shape index (κ3) is 5.33. The summed E-state index contributed by atoms with van der Waals surface area (Å²) in [5.74, 6) is 0.0597. The second-order valence-electron chi connectivity index (χ2n) is 6.62. The molecule has 1 atom stereocenters. The monoisotopic (exact) mass is 277 g/mol. The topological polar surface area (TPSA) is 29.5 Å². The second-order valence-corrected chi connectivity index (χ2v) is 6.62. The van der Waals surface area contributed by atoms with Crippen molar-refractivity contribution >= 4 is 5.97 Å². The maximum atomic E-state index is 12.4. The second kappa shape index (κ2) is 6.89. The molecule has 112 valence electrons. The number of rotatable bonds is 5. The van der Waals surface area contributed by atoms with Crippen LogP contribution in [0.2, 0.25) is 0 Å². The van der Waals surface area contributed by atoms with Gasteiger partial charge in [-0.2, -0.15) is 0 Å². The van der Waals surface area contributed by atoms with Crippen LogP contribution < -0.4 is 0 Å². The fourth-order valence-electron chi connectivity index (χ4n) is 2.29. The number of carbonyl (C=O) groups excluding carboxylic acids is 1.